The van der Waals surface area contributed by atoms with Crippen LogP contribution in [-0.2, 0) is 4.79 Å². The molecule has 0 unspecified atom stereocenters. The number of thioether (sulfide) groups is 1. The average molecular weight is 402 g/mol. The first-order valence-electron chi connectivity index (χ1n) is 8.45. The molecule has 0 aliphatic carbocycles. The molecule has 0 bridgehead atoms. The van der Waals surface area contributed by atoms with Crippen molar-refractivity contribution in [2.24, 2.45) is 0 Å². The summed E-state index contributed by atoms with van der Waals surface area (Å²) in [5, 5.41) is 15.6. The summed E-state index contributed by atoms with van der Waals surface area (Å²) in [5.74, 6) is -0.138. The Labute approximate surface area is 167 Å². The minimum Gasteiger partial charge on any atom is -0.325 e. The maximum Gasteiger partial charge on any atom is 0.237 e. The van der Waals surface area contributed by atoms with Crippen LogP contribution in [0.25, 0.3) is 5.69 Å². The van der Waals surface area contributed by atoms with E-state index in [0.29, 0.717) is 15.9 Å². The number of amides is 1. The first kappa shape index (κ1) is 19.4. The van der Waals surface area contributed by atoms with Gasteiger partial charge in [0.15, 0.2) is 0 Å². The number of carbonyl (C=O) groups excluding carboxylic acids is 1. The van der Waals surface area contributed by atoms with Crippen molar-refractivity contribution in [2.75, 3.05) is 5.32 Å². The number of hydrogen-bond acceptors (Lipinski definition) is 5. The van der Waals surface area contributed by atoms with Crippen LogP contribution in [0.1, 0.15) is 23.6 Å². The number of aromatic nitrogens is 4. The van der Waals surface area contributed by atoms with Crippen LogP contribution < -0.4 is 5.32 Å². The third kappa shape index (κ3) is 4.48. The molecular weight excluding hydrogens is 382 g/mol. The molecule has 0 saturated heterocycles. The van der Waals surface area contributed by atoms with E-state index >= 15 is 0 Å². The highest BCUT2D eigenvalue weighted by atomic mass is 35.5. The number of nitrogens with zero attached hydrogens (tertiary/aromatic N) is 4. The Morgan fingerprint density at radius 2 is 1.93 bits per heavy atom. The summed E-state index contributed by atoms with van der Waals surface area (Å²) >= 11 is 7.33. The highest BCUT2D eigenvalue weighted by Crippen LogP contribution is 2.26. The minimum atomic E-state index is -0.390. The summed E-state index contributed by atoms with van der Waals surface area (Å²) in [4.78, 5) is 12.6. The third-order valence-corrected chi connectivity index (χ3v) is 5.40. The van der Waals surface area contributed by atoms with Crippen LogP contribution in [0.5, 0.6) is 0 Å². The van der Waals surface area contributed by atoms with E-state index in [0.717, 1.165) is 16.8 Å². The number of nitrogens with one attached hydrogen (secondary N) is 1. The second-order valence-corrected chi connectivity index (χ2v) is 8.12. The van der Waals surface area contributed by atoms with E-state index in [2.05, 4.69) is 26.9 Å². The van der Waals surface area contributed by atoms with Gasteiger partial charge in [0.25, 0.3) is 0 Å². The van der Waals surface area contributed by atoms with Crippen LogP contribution >= 0.6 is 23.4 Å². The summed E-state index contributed by atoms with van der Waals surface area (Å²) in [5.41, 5.74) is 4.78. The number of carbonyl (C=O) groups is 1. The quantitative estimate of drug-likeness (QED) is 0.643. The van der Waals surface area contributed by atoms with E-state index in [1.165, 1.54) is 17.3 Å². The van der Waals surface area contributed by atoms with E-state index in [9.17, 15) is 4.79 Å². The van der Waals surface area contributed by atoms with E-state index in [1.54, 1.807) is 16.8 Å². The van der Waals surface area contributed by atoms with Gasteiger partial charge < -0.3 is 5.32 Å². The molecule has 3 rings (SSSR count). The fourth-order valence-electron chi connectivity index (χ4n) is 2.62. The van der Waals surface area contributed by atoms with Gasteiger partial charge in [0, 0.05) is 10.7 Å². The summed E-state index contributed by atoms with van der Waals surface area (Å²) in [6.07, 6.45) is 0. The first-order valence-corrected chi connectivity index (χ1v) is 9.70. The van der Waals surface area contributed by atoms with Crippen molar-refractivity contribution in [1.82, 2.24) is 20.2 Å². The second kappa shape index (κ2) is 8.10. The molecule has 6 nitrogen and oxygen atoms in total. The van der Waals surface area contributed by atoms with Crippen LogP contribution in [-0.4, -0.2) is 31.4 Å². The fraction of sp³-hybridized carbons (Fsp3) is 0.263. The predicted molar refractivity (Wildman–Crippen MR) is 109 cm³/mol. The van der Waals surface area contributed by atoms with Crippen molar-refractivity contribution in [1.29, 1.82) is 0 Å². The van der Waals surface area contributed by atoms with Crippen LogP contribution in [0.3, 0.4) is 0 Å². The van der Waals surface area contributed by atoms with Gasteiger partial charge in [-0.25, -0.2) is 0 Å². The molecule has 3 aromatic rings. The van der Waals surface area contributed by atoms with Gasteiger partial charge in [-0.05, 0) is 67.4 Å². The number of tetrazole rings is 1. The van der Waals surface area contributed by atoms with Crippen LogP contribution in [0.15, 0.2) is 41.6 Å². The SMILES string of the molecule is Cc1ccc(-n2nnnc2S[C@H](C)C(=O)Nc2cc(Cl)ccc2C)c(C)c1. The minimum absolute atomic E-state index is 0.138. The lowest BCUT2D eigenvalue weighted by Crippen LogP contribution is -2.23. The molecule has 0 aliphatic heterocycles. The molecule has 1 heterocycles. The maximum absolute atomic E-state index is 12.6. The molecule has 27 heavy (non-hydrogen) atoms. The Kier molecular flexibility index (Phi) is 5.82. The predicted octanol–water partition coefficient (Wildman–Crippen LogP) is 4.36. The molecule has 0 fully saturated rings. The Hall–Kier alpha value is -2.38. The molecule has 140 valence electrons. The Morgan fingerprint density at radius 1 is 1.15 bits per heavy atom. The number of rotatable bonds is 5. The number of halogens is 1. The smallest absolute Gasteiger partial charge is 0.237 e. The third-order valence-electron chi connectivity index (χ3n) is 4.13. The molecule has 2 aromatic carbocycles. The lowest BCUT2D eigenvalue weighted by atomic mass is 10.1. The van der Waals surface area contributed by atoms with Gasteiger partial charge in [0.2, 0.25) is 11.1 Å². The van der Waals surface area contributed by atoms with Crippen LogP contribution in [0, 0.1) is 20.8 Å². The molecule has 1 aromatic heterocycles. The second-order valence-electron chi connectivity index (χ2n) is 6.37. The average Bonchev–Trinajstić information content (AvgIpc) is 3.06. The summed E-state index contributed by atoms with van der Waals surface area (Å²) in [6, 6.07) is 11.5. The molecule has 0 radical (unpaired) electrons. The lowest BCUT2D eigenvalue weighted by Gasteiger charge is -2.14. The zero-order chi connectivity index (χ0) is 19.6. The number of aryl methyl sites for hydroxylation is 3. The normalized spacial score (nSPS) is 12.0. The van der Waals surface area contributed by atoms with E-state index in [1.807, 2.05) is 45.9 Å². The molecular formula is C19H20ClN5OS. The standard InChI is InChI=1S/C19H20ClN5OS/c1-11-5-8-17(13(3)9-11)25-19(22-23-24-25)27-14(4)18(26)21-16-10-15(20)7-6-12(16)2/h5-10,14H,1-4H3,(H,21,26)/t14-/m1/s1. The highest BCUT2D eigenvalue weighted by molar-refractivity contribution is 8.00. The molecule has 1 N–H and O–H groups in total. The van der Waals surface area contributed by atoms with Gasteiger partial charge in [-0.1, -0.05) is 47.1 Å². The zero-order valence-corrected chi connectivity index (χ0v) is 17.1. The van der Waals surface area contributed by atoms with Gasteiger partial charge in [-0.2, -0.15) is 4.68 Å². The van der Waals surface area contributed by atoms with Crippen LogP contribution in [0.2, 0.25) is 5.02 Å². The molecule has 8 heteroatoms. The Morgan fingerprint density at radius 3 is 2.67 bits per heavy atom. The summed E-state index contributed by atoms with van der Waals surface area (Å²) in [6.45, 7) is 7.79. The van der Waals surface area contributed by atoms with Gasteiger partial charge in [-0.3, -0.25) is 4.79 Å². The van der Waals surface area contributed by atoms with E-state index in [-0.39, 0.29) is 11.2 Å². The van der Waals surface area contributed by atoms with E-state index in [4.69, 9.17) is 11.6 Å². The topological polar surface area (TPSA) is 72.7 Å². The van der Waals surface area contributed by atoms with Gasteiger partial charge in [-0.15, -0.1) is 5.10 Å². The zero-order valence-electron chi connectivity index (χ0n) is 15.5. The van der Waals surface area contributed by atoms with Crippen molar-refractivity contribution in [3.8, 4) is 5.69 Å². The van der Waals surface area contributed by atoms with E-state index < -0.39 is 0 Å². The fourth-order valence-corrected chi connectivity index (χ4v) is 3.59. The molecule has 0 aliphatic rings. The van der Waals surface area contributed by atoms with Crippen molar-refractivity contribution < 1.29 is 4.79 Å². The van der Waals surface area contributed by atoms with Gasteiger partial charge in [0.05, 0.1) is 10.9 Å². The van der Waals surface area contributed by atoms with Crippen molar-refractivity contribution in [3.63, 3.8) is 0 Å². The number of benzene rings is 2. The monoisotopic (exact) mass is 401 g/mol. The Balaban J connectivity index is 1.77. The van der Waals surface area contributed by atoms with Crippen LogP contribution in [0.4, 0.5) is 5.69 Å². The molecule has 0 saturated carbocycles. The van der Waals surface area contributed by atoms with Gasteiger partial charge >= 0.3 is 0 Å². The first-order chi connectivity index (χ1) is 12.8. The molecule has 0 spiro atoms. The Bertz CT molecular complexity index is 988. The largest absolute Gasteiger partial charge is 0.325 e. The van der Waals surface area contributed by atoms with Crippen molar-refractivity contribution in [3.05, 3.63) is 58.1 Å². The summed E-state index contributed by atoms with van der Waals surface area (Å²) in [7, 11) is 0. The summed E-state index contributed by atoms with van der Waals surface area (Å²) < 4.78 is 1.66. The number of hydrogen-bond donors (Lipinski definition) is 1. The van der Waals surface area contributed by atoms with Crippen molar-refractivity contribution in [2.45, 2.75) is 38.1 Å². The van der Waals surface area contributed by atoms with Crippen molar-refractivity contribution >= 4 is 35.0 Å². The number of anilines is 1. The maximum atomic E-state index is 12.6. The highest BCUT2D eigenvalue weighted by Gasteiger charge is 2.20. The molecule has 1 atom stereocenters. The lowest BCUT2D eigenvalue weighted by molar-refractivity contribution is -0.115. The molecule has 1 amide bonds. The van der Waals surface area contributed by atoms with Gasteiger partial charge in [0.1, 0.15) is 0 Å².